The molecule has 178 valence electrons. The van der Waals surface area contributed by atoms with Crippen molar-refractivity contribution in [1.82, 2.24) is 0 Å². The molecule has 0 aromatic heterocycles. The van der Waals surface area contributed by atoms with Crippen LogP contribution in [-0.4, -0.2) is 35.8 Å². The highest BCUT2D eigenvalue weighted by Crippen LogP contribution is 2.21. The van der Waals surface area contributed by atoms with Crippen molar-refractivity contribution in [2.75, 3.05) is 18.5 Å². The summed E-state index contributed by atoms with van der Waals surface area (Å²) in [6.45, 7) is 2.10. The molecule has 2 aromatic rings. The maximum Gasteiger partial charge on any atom is 0.306 e. The number of nitrogens with zero attached hydrogens (tertiary/aromatic N) is 2. The molecule has 2 rings (SSSR count). The van der Waals surface area contributed by atoms with Crippen LogP contribution in [0, 0.1) is 21.4 Å². The van der Waals surface area contributed by atoms with Gasteiger partial charge in [-0.3, -0.25) is 24.5 Å². The van der Waals surface area contributed by atoms with Crippen molar-refractivity contribution in [1.29, 1.82) is 5.26 Å². The summed E-state index contributed by atoms with van der Waals surface area (Å²) >= 11 is 0. The monoisotopic (exact) mass is 467 g/mol. The maximum absolute atomic E-state index is 12.3. The number of rotatable bonds is 13. The molecule has 10 heteroatoms. The van der Waals surface area contributed by atoms with Crippen molar-refractivity contribution in [3.63, 3.8) is 0 Å². The third-order valence-corrected chi connectivity index (χ3v) is 4.72. The molecule has 0 bridgehead atoms. The lowest BCUT2D eigenvalue weighted by Gasteiger charge is -2.08. The molecule has 2 aromatic carbocycles. The Labute approximate surface area is 196 Å². The zero-order valence-corrected chi connectivity index (χ0v) is 18.7. The number of benzene rings is 2. The number of Topliss-reactive ketones (excluding diaryl/α,β-unsaturated/α-hetero) is 1. The van der Waals surface area contributed by atoms with Crippen LogP contribution in [0.1, 0.15) is 54.9 Å². The molecule has 0 spiro atoms. The highest BCUT2D eigenvalue weighted by molar-refractivity contribution is 5.98. The number of nitrogens with one attached hydrogen (secondary N) is 1. The van der Waals surface area contributed by atoms with Gasteiger partial charge in [-0.1, -0.05) is 19.8 Å². The van der Waals surface area contributed by atoms with Crippen LogP contribution < -0.4 is 10.1 Å². The van der Waals surface area contributed by atoms with Gasteiger partial charge in [0, 0.05) is 24.1 Å². The molecular weight excluding hydrogens is 442 g/mol. The Bertz CT molecular complexity index is 1070. The fraction of sp³-hybridized carbons (Fsp3) is 0.333. The molecule has 34 heavy (non-hydrogen) atoms. The minimum Gasteiger partial charge on any atom is -0.494 e. The molecule has 0 saturated carbocycles. The largest absolute Gasteiger partial charge is 0.494 e. The first-order valence-corrected chi connectivity index (χ1v) is 10.7. The number of hydrogen-bond donors (Lipinski definition) is 1. The molecule has 0 saturated heterocycles. The van der Waals surface area contributed by atoms with E-state index in [1.807, 2.05) is 0 Å². The van der Waals surface area contributed by atoms with Gasteiger partial charge in [-0.2, -0.15) is 5.26 Å². The molecule has 0 atom stereocenters. The third-order valence-electron chi connectivity index (χ3n) is 4.72. The summed E-state index contributed by atoms with van der Waals surface area (Å²) in [6.07, 6.45) is 2.86. The minimum absolute atomic E-state index is 0.0575. The number of esters is 1. The number of nitro groups is 1. The minimum atomic E-state index is -0.733. The lowest BCUT2D eigenvalue weighted by Crippen LogP contribution is -2.21. The van der Waals surface area contributed by atoms with Crippen molar-refractivity contribution in [3.05, 3.63) is 63.7 Å². The number of nitriles is 1. The summed E-state index contributed by atoms with van der Waals surface area (Å²) < 4.78 is 10.5. The summed E-state index contributed by atoms with van der Waals surface area (Å²) in [4.78, 5) is 46.3. The van der Waals surface area contributed by atoms with Gasteiger partial charge in [0.25, 0.3) is 11.6 Å². The Morgan fingerprint density at radius 3 is 2.47 bits per heavy atom. The van der Waals surface area contributed by atoms with Gasteiger partial charge in [0.2, 0.25) is 0 Å². The van der Waals surface area contributed by atoms with Crippen molar-refractivity contribution < 1.29 is 28.8 Å². The predicted octanol–water partition coefficient (Wildman–Crippen LogP) is 4.18. The third kappa shape index (κ3) is 8.35. The smallest absolute Gasteiger partial charge is 0.306 e. The van der Waals surface area contributed by atoms with Crippen LogP contribution in [-0.2, 0) is 14.3 Å². The highest BCUT2D eigenvalue weighted by Gasteiger charge is 2.15. The fourth-order valence-corrected chi connectivity index (χ4v) is 2.89. The molecular formula is C24H25N3O7. The molecule has 0 unspecified atom stereocenters. The Kier molecular flexibility index (Phi) is 10.2. The van der Waals surface area contributed by atoms with Crippen molar-refractivity contribution in [3.8, 4) is 11.8 Å². The van der Waals surface area contributed by atoms with Gasteiger partial charge >= 0.3 is 5.97 Å². The number of ketones is 1. The molecule has 1 amide bonds. The average molecular weight is 467 g/mol. The lowest BCUT2D eigenvalue weighted by atomic mass is 10.1. The van der Waals surface area contributed by atoms with Crippen LogP contribution >= 0.6 is 0 Å². The van der Waals surface area contributed by atoms with E-state index in [4.69, 9.17) is 14.7 Å². The molecule has 0 radical (unpaired) electrons. The first-order valence-electron chi connectivity index (χ1n) is 10.7. The zero-order valence-electron chi connectivity index (χ0n) is 18.7. The van der Waals surface area contributed by atoms with E-state index in [2.05, 4.69) is 12.2 Å². The van der Waals surface area contributed by atoms with E-state index >= 15 is 0 Å². The standard InChI is InChI=1S/C24H25N3O7/c1-2-3-4-13-33-20-8-5-17(6-9-20)22(28)11-12-24(30)34-16-23(29)26-21-10-7-19(27(31)32)14-18(21)15-25/h5-10,14H,2-4,11-13,16H2,1H3,(H,26,29). The van der Waals surface area contributed by atoms with Crippen LogP contribution in [0.3, 0.4) is 0 Å². The summed E-state index contributed by atoms with van der Waals surface area (Å²) in [7, 11) is 0. The first-order chi connectivity index (χ1) is 16.3. The van der Waals surface area contributed by atoms with E-state index in [9.17, 15) is 24.5 Å². The van der Waals surface area contributed by atoms with Gasteiger partial charge < -0.3 is 14.8 Å². The van der Waals surface area contributed by atoms with E-state index in [-0.39, 0.29) is 35.6 Å². The second kappa shape index (κ2) is 13.3. The number of amides is 1. The molecule has 10 nitrogen and oxygen atoms in total. The molecule has 0 fully saturated rings. The van der Waals surface area contributed by atoms with Crippen molar-refractivity contribution in [2.24, 2.45) is 0 Å². The Morgan fingerprint density at radius 2 is 1.82 bits per heavy atom. The number of carbonyl (C=O) groups excluding carboxylic acids is 3. The van der Waals surface area contributed by atoms with Crippen LogP contribution in [0.4, 0.5) is 11.4 Å². The van der Waals surface area contributed by atoms with Gasteiger partial charge in [0.05, 0.1) is 29.2 Å². The van der Waals surface area contributed by atoms with Gasteiger partial charge in [-0.05, 0) is 36.8 Å². The lowest BCUT2D eigenvalue weighted by molar-refractivity contribution is -0.384. The summed E-state index contributed by atoms with van der Waals surface area (Å²) in [5.41, 5.74) is 0.104. The van der Waals surface area contributed by atoms with E-state index in [1.54, 1.807) is 30.3 Å². The van der Waals surface area contributed by atoms with E-state index in [0.717, 1.165) is 31.4 Å². The molecule has 0 aliphatic carbocycles. The van der Waals surface area contributed by atoms with Gasteiger partial charge in [-0.15, -0.1) is 0 Å². The number of anilines is 1. The molecule has 1 N–H and O–H groups in total. The predicted molar refractivity (Wildman–Crippen MR) is 122 cm³/mol. The van der Waals surface area contributed by atoms with Crippen LogP contribution in [0.25, 0.3) is 0 Å². The second-order valence-corrected chi connectivity index (χ2v) is 7.31. The summed E-state index contributed by atoms with van der Waals surface area (Å²) in [5, 5.41) is 22.2. The van der Waals surface area contributed by atoms with Gasteiger partial charge in [0.1, 0.15) is 11.8 Å². The number of non-ortho nitro benzene ring substituents is 1. The first kappa shape index (κ1) is 26.0. The van der Waals surface area contributed by atoms with Gasteiger partial charge in [-0.25, -0.2) is 0 Å². The second-order valence-electron chi connectivity index (χ2n) is 7.31. The number of unbranched alkanes of at least 4 members (excludes halogenated alkanes) is 2. The highest BCUT2D eigenvalue weighted by atomic mass is 16.6. The molecule has 0 heterocycles. The number of ether oxygens (including phenoxy) is 2. The molecule has 0 aliphatic heterocycles. The fourth-order valence-electron chi connectivity index (χ4n) is 2.89. The molecule has 0 aliphatic rings. The topological polar surface area (TPSA) is 149 Å². The zero-order chi connectivity index (χ0) is 24.9. The van der Waals surface area contributed by atoms with E-state index in [0.29, 0.717) is 17.9 Å². The Hall–Kier alpha value is -4.26. The average Bonchev–Trinajstić information content (AvgIpc) is 2.84. The Balaban J connectivity index is 1.76. The number of carbonyl (C=O) groups is 3. The van der Waals surface area contributed by atoms with Crippen LogP contribution in [0.15, 0.2) is 42.5 Å². The number of hydrogen-bond acceptors (Lipinski definition) is 8. The number of nitro benzene ring substituents is 1. The van der Waals surface area contributed by atoms with E-state index < -0.39 is 23.4 Å². The van der Waals surface area contributed by atoms with Gasteiger partial charge in [0.15, 0.2) is 12.4 Å². The van der Waals surface area contributed by atoms with Crippen LogP contribution in [0.2, 0.25) is 0 Å². The SMILES string of the molecule is CCCCCOc1ccc(C(=O)CCC(=O)OCC(=O)Nc2ccc([N+](=O)[O-])cc2C#N)cc1. The van der Waals surface area contributed by atoms with Crippen LogP contribution in [0.5, 0.6) is 5.75 Å². The van der Waals surface area contributed by atoms with Crippen molar-refractivity contribution >= 4 is 29.0 Å². The summed E-state index contributed by atoms with van der Waals surface area (Å²) in [6, 6.07) is 11.8. The summed E-state index contributed by atoms with van der Waals surface area (Å²) in [5.74, 6) is -1.03. The normalized spacial score (nSPS) is 10.1. The van der Waals surface area contributed by atoms with E-state index in [1.165, 1.54) is 6.07 Å². The Morgan fingerprint density at radius 1 is 1.09 bits per heavy atom. The maximum atomic E-state index is 12.3. The quantitative estimate of drug-likeness (QED) is 0.152. The van der Waals surface area contributed by atoms with Crippen molar-refractivity contribution in [2.45, 2.75) is 39.0 Å².